The molecule has 0 N–H and O–H groups in total. The average Bonchev–Trinajstić information content (AvgIpc) is 2.56. The van der Waals surface area contributed by atoms with Gasteiger partial charge in [-0.25, -0.2) is 0 Å². The van der Waals surface area contributed by atoms with Gasteiger partial charge >= 0.3 is 0 Å². The van der Waals surface area contributed by atoms with Crippen LogP contribution in [0.15, 0.2) is 11.8 Å². The first-order valence-electron chi connectivity index (χ1n) is 5.32. The van der Waals surface area contributed by atoms with Crippen molar-refractivity contribution in [3.05, 3.63) is 11.8 Å². The smallest absolute Gasteiger partial charge is 0.0172 e. The van der Waals surface area contributed by atoms with Crippen LogP contribution in [0.2, 0.25) is 0 Å². The molecule has 0 aromatic rings. The Kier molecular flexibility index (Phi) is 4.20. The van der Waals surface area contributed by atoms with Gasteiger partial charge in [-0.1, -0.05) is 19.9 Å². The molecule has 70 valence electrons. The second-order valence-electron chi connectivity index (χ2n) is 3.57. The Morgan fingerprint density at radius 1 is 1.25 bits per heavy atom. The van der Waals surface area contributed by atoms with E-state index in [-0.39, 0.29) is 0 Å². The molecule has 1 rings (SSSR count). The molecule has 0 saturated heterocycles. The summed E-state index contributed by atoms with van der Waals surface area (Å²) in [6.07, 6.45) is 8.97. The molecule has 0 aromatic heterocycles. The van der Waals surface area contributed by atoms with Crippen molar-refractivity contribution < 1.29 is 0 Å². The Bertz CT molecular complexity index is 143. The maximum absolute atomic E-state index is 2.56. The van der Waals surface area contributed by atoms with Gasteiger partial charge < -0.3 is 4.90 Å². The first-order valence-corrected chi connectivity index (χ1v) is 5.32. The summed E-state index contributed by atoms with van der Waals surface area (Å²) < 4.78 is 0. The number of hydrogen-bond donors (Lipinski definition) is 0. The predicted octanol–water partition coefficient (Wildman–Crippen LogP) is 3.18. The molecule has 0 radical (unpaired) electrons. The number of rotatable bonds is 5. The van der Waals surface area contributed by atoms with E-state index in [2.05, 4.69) is 24.8 Å². The normalized spacial score (nSPS) is 16.3. The zero-order valence-corrected chi connectivity index (χ0v) is 8.47. The minimum atomic E-state index is 1.25. The second kappa shape index (κ2) is 5.23. The molecule has 0 aromatic carbocycles. The minimum Gasteiger partial charge on any atom is -0.375 e. The lowest BCUT2D eigenvalue weighted by Crippen LogP contribution is -2.23. The molecule has 1 nitrogen and oxygen atoms in total. The van der Waals surface area contributed by atoms with Crippen molar-refractivity contribution in [1.82, 2.24) is 4.90 Å². The molecular weight excluding hydrogens is 146 g/mol. The topological polar surface area (TPSA) is 3.24 Å². The maximum Gasteiger partial charge on any atom is 0.0172 e. The van der Waals surface area contributed by atoms with Crippen LogP contribution < -0.4 is 0 Å². The zero-order chi connectivity index (χ0) is 8.81. The van der Waals surface area contributed by atoms with Gasteiger partial charge in [-0.2, -0.15) is 0 Å². The molecule has 0 aliphatic heterocycles. The molecule has 1 heteroatoms. The van der Waals surface area contributed by atoms with Crippen molar-refractivity contribution in [2.75, 3.05) is 13.1 Å². The predicted molar refractivity (Wildman–Crippen MR) is 54.1 cm³/mol. The van der Waals surface area contributed by atoms with E-state index in [0.29, 0.717) is 0 Å². The van der Waals surface area contributed by atoms with Crippen LogP contribution in [0.4, 0.5) is 0 Å². The van der Waals surface area contributed by atoms with Crippen LogP contribution in [-0.4, -0.2) is 18.0 Å². The van der Waals surface area contributed by atoms with Crippen molar-refractivity contribution >= 4 is 0 Å². The summed E-state index contributed by atoms with van der Waals surface area (Å²) >= 11 is 0. The summed E-state index contributed by atoms with van der Waals surface area (Å²) in [5, 5.41) is 0. The Morgan fingerprint density at radius 2 is 1.92 bits per heavy atom. The van der Waals surface area contributed by atoms with Crippen LogP contribution in [0.5, 0.6) is 0 Å². The van der Waals surface area contributed by atoms with Gasteiger partial charge in [-0.05, 0) is 32.1 Å². The van der Waals surface area contributed by atoms with E-state index in [1.54, 1.807) is 5.70 Å². The van der Waals surface area contributed by atoms with E-state index < -0.39 is 0 Å². The number of nitrogens with zero attached hydrogens (tertiary/aromatic N) is 1. The van der Waals surface area contributed by atoms with E-state index in [0.717, 1.165) is 0 Å². The molecule has 12 heavy (non-hydrogen) atoms. The molecule has 0 fully saturated rings. The monoisotopic (exact) mass is 167 g/mol. The van der Waals surface area contributed by atoms with E-state index in [4.69, 9.17) is 0 Å². The van der Waals surface area contributed by atoms with Crippen LogP contribution >= 0.6 is 0 Å². The Morgan fingerprint density at radius 3 is 2.33 bits per heavy atom. The molecule has 0 heterocycles. The summed E-state index contributed by atoms with van der Waals surface area (Å²) in [6.45, 7) is 7.02. The highest BCUT2D eigenvalue weighted by molar-refractivity contribution is 5.06. The lowest BCUT2D eigenvalue weighted by molar-refractivity contribution is 0.337. The van der Waals surface area contributed by atoms with Crippen LogP contribution in [0.1, 0.15) is 46.0 Å². The third-order valence-corrected chi connectivity index (χ3v) is 2.41. The van der Waals surface area contributed by atoms with Crippen molar-refractivity contribution in [3.63, 3.8) is 0 Å². The van der Waals surface area contributed by atoms with Crippen LogP contribution in [0.25, 0.3) is 0 Å². The lowest BCUT2D eigenvalue weighted by Gasteiger charge is -2.24. The van der Waals surface area contributed by atoms with Gasteiger partial charge in [-0.3, -0.25) is 0 Å². The van der Waals surface area contributed by atoms with Gasteiger partial charge in [0.05, 0.1) is 0 Å². The summed E-state index contributed by atoms with van der Waals surface area (Å²) in [6, 6.07) is 0. The molecular formula is C11H21N. The van der Waals surface area contributed by atoms with Crippen LogP contribution in [-0.2, 0) is 0 Å². The number of allylic oxidation sites excluding steroid dienone is 2. The maximum atomic E-state index is 2.56. The fourth-order valence-corrected chi connectivity index (χ4v) is 1.88. The van der Waals surface area contributed by atoms with E-state index >= 15 is 0 Å². The van der Waals surface area contributed by atoms with Crippen molar-refractivity contribution in [3.8, 4) is 0 Å². The zero-order valence-electron chi connectivity index (χ0n) is 8.47. The molecule has 0 amide bonds. The molecule has 0 unspecified atom stereocenters. The fraction of sp³-hybridized carbons (Fsp3) is 0.818. The van der Waals surface area contributed by atoms with Gasteiger partial charge in [-0.15, -0.1) is 0 Å². The van der Waals surface area contributed by atoms with E-state index in [1.807, 2.05) is 0 Å². The van der Waals surface area contributed by atoms with Gasteiger partial charge in [0.15, 0.2) is 0 Å². The molecule has 1 aliphatic rings. The van der Waals surface area contributed by atoms with Crippen LogP contribution in [0, 0.1) is 0 Å². The minimum absolute atomic E-state index is 1.25. The van der Waals surface area contributed by atoms with Crippen LogP contribution in [0.3, 0.4) is 0 Å². The molecule has 1 aliphatic carbocycles. The Labute approximate surface area is 76.5 Å². The van der Waals surface area contributed by atoms with Crippen molar-refractivity contribution in [2.45, 2.75) is 46.0 Å². The van der Waals surface area contributed by atoms with Gasteiger partial charge in [0.25, 0.3) is 0 Å². The molecule has 0 saturated carbocycles. The summed E-state index contributed by atoms with van der Waals surface area (Å²) in [5.74, 6) is 0. The molecule has 0 bridgehead atoms. The second-order valence-corrected chi connectivity index (χ2v) is 3.57. The number of hydrogen-bond acceptors (Lipinski definition) is 1. The molecule has 0 spiro atoms. The fourth-order valence-electron chi connectivity index (χ4n) is 1.88. The Hall–Kier alpha value is -0.460. The third-order valence-electron chi connectivity index (χ3n) is 2.41. The highest BCUT2D eigenvalue weighted by atomic mass is 15.1. The largest absolute Gasteiger partial charge is 0.375 e. The standard InChI is InChI=1S/C11H21N/c1-3-9-12(10-4-2)11-7-5-6-8-11/h7H,3-6,8-10H2,1-2H3. The highest BCUT2D eigenvalue weighted by Gasteiger charge is 2.10. The summed E-state index contributed by atoms with van der Waals surface area (Å²) in [5.41, 5.74) is 1.61. The quantitative estimate of drug-likeness (QED) is 0.608. The third kappa shape index (κ3) is 2.54. The van der Waals surface area contributed by atoms with E-state index in [1.165, 1.54) is 45.2 Å². The first kappa shape index (κ1) is 9.63. The summed E-state index contributed by atoms with van der Waals surface area (Å²) in [7, 11) is 0. The SMILES string of the molecule is CCCN(CCC)C1=CCCC1. The summed E-state index contributed by atoms with van der Waals surface area (Å²) in [4.78, 5) is 2.56. The molecule has 0 atom stereocenters. The van der Waals surface area contributed by atoms with Crippen molar-refractivity contribution in [2.24, 2.45) is 0 Å². The first-order chi connectivity index (χ1) is 5.88. The van der Waals surface area contributed by atoms with Crippen molar-refractivity contribution in [1.29, 1.82) is 0 Å². The highest BCUT2D eigenvalue weighted by Crippen LogP contribution is 2.21. The Balaban J connectivity index is 2.40. The van der Waals surface area contributed by atoms with Gasteiger partial charge in [0.2, 0.25) is 0 Å². The van der Waals surface area contributed by atoms with E-state index in [9.17, 15) is 0 Å². The average molecular weight is 167 g/mol. The van der Waals surface area contributed by atoms with Gasteiger partial charge in [0, 0.05) is 18.8 Å². The lowest BCUT2D eigenvalue weighted by atomic mass is 10.2. The van der Waals surface area contributed by atoms with Gasteiger partial charge in [0.1, 0.15) is 0 Å².